The van der Waals surface area contributed by atoms with Crippen LogP contribution in [0.3, 0.4) is 0 Å². The predicted molar refractivity (Wildman–Crippen MR) is 56.3 cm³/mol. The molecule has 0 fully saturated rings. The van der Waals surface area contributed by atoms with Gasteiger partial charge in [0.25, 0.3) is 5.69 Å². The summed E-state index contributed by atoms with van der Waals surface area (Å²) in [5, 5.41) is 11.1. The molecule has 0 saturated carbocycles. The molecule has 0 radical (unpaired) electrons. The second-order valence-electron chi connectivity index (χ2n) is 3.18. The number of rotatable bonds is 2. The van der Waals surface area contributed by atoms with Crippen LogP contribution in [-0.4, -0.2) is 23.0 Å². The molecule has 82 valence electrons. The number of esters is 1. The number of hydrogen-bond acceptors (Lipinski definition) is 4. The lowest BCUT2D eigenvalue weighted by Gasteiger charge is -1.98. The number of aromatic nitrogens is 1. The highest BCUT2D eigenvalue weighted by Crippen LogP contribution is 2.25. The van der Waals surface area contributed by atoms with Gasteiger partial charge in [-0.15, -0.1) is 0 Å². The van der Waals surface area contributed by atoms with Crippen LogP contribution in [0.1, 0.15) is 10.4 Å². The average molecular weight is 220 g/mol. The van der Waals surface area contributed by atoms with Crippen molar-refractivity contribution in [2.24, 2.45) is 0 Å². The van der Waals surface area contributed by atoms with E-state index in [0.717, 1.165) is 0 Å². The normalized spacial score (nSPS) is 10.3. The molecule has 6 heteroatoms. The number of fused-ring (bicyclic) bond motifs is 1. The average Bonchev–Trinajstić information content (AvgIpc) is 2.70. The number of hydrogen-bond donors (Lipinski definition) is 1. The van der Waals surface area contributed by atoms with E-state index in [0.29, 0.717) is 16.5 Å². The fraction of sp³-hybridized carbons (Fsp3) is 0.100. The Bertz CT molecular complexity index is 573. The van der Waals surface area contributed by atoms with E-state index in [1.54, 1.807) is 0 Å². The van der Waals surface area contributed by atoms with Gasteiger partial charge in [0, 0.05) is 0 Å². The summed E-state index contributed by atoms with van der Waals surface area (Å²) in [6.07, 6.45) is 1.30. The lowest BCUT2D eigenvalue weighted by Crippen LogP contribution is -2.00. The summed E-state index contributed by atoms with van der Waals surface area (Å²) in [7, 11) is 1.28. The first kappa shape index (κ1) is 10.2. The topological polar surface area (TPSA) is 85.2 Å². The fourth-order valence-electron chi connectivity index (χ4n) is 1.51. The van der Waals surface area contributed by atoms with Gasteiger partial charge < -0.3 is 9.72 Å². The Morgan fingerprint density at radius 3 is 2.88 bits per heavy atom. The van der Waals surface area contributed by atoms with Crippen molar-refractivity contribution in [1.82, 2.24) is 4.98 Å². The second-order valence-corrected chi connectivity index (χ2v) is 3.18. The lowest BCUT2D eigenvalue weighted by molar-refractivity contribution is -0.383. The summed E-state index contributed by atoms with van der Waals surface area (Å²) in [5.74, 6) is -0.473. The van der Waals surface area contributed by atoms with Gasteiger partial charge in [-0.2, -0.15) is 0 Å². The van der Waals surface area contributed by atoms with E-state index >= 15 is 0 Å². The van der Waals surface area contributed by atoms with Gasteiger partial charge in [0.1, 0.15) is 0 Å². The van der Waals surface area contributed by atoms with Crippen molar-refractivity contribution in [3.05, 3.63) is 40.1 Å². The number of benzene rings is 1. The SMILES string of the molecule is COC(=O)c1ccc2c([N+](=O)[O-])c[nH]c2c1. The van der Waals surface area contributed by atoms with Crippen molar-refractivity contribution in [1.29, 1.82) is 0 Å². The first-order valence-corrected chi connectivity index (χ1v) is 4.47. The Labute approximate surface area is 90.0 Å². The number of nitro groups is 1. The Hall–Kier alpha value is -2.37. The number of ether oxygens (including phenoxy) is 1. The maximum absolute atomic E-state index is 11.2. The Morgan fingerprint density at radius 2 is 2.25 bits per heavy atom. The zero-order chi connectivity index (χ0) is 11.7. The molecule has 0 aliphatic heterocycles. The summed E-state index contributed by atoms with van der Waals surface area (Å²) in [5.41, 5.74) is 0.882. The molecule has 16 heavy (non-hydrogen) atoms. The van der Waals surface area contributed by atoms with Gasteiger partial charge in [0.05, 0.1) is 34.7 Å². The minimum atomic E-state index is -0.476. The maximum atomic E-state index is 11.2. The Morgan fingerprint density at radius 1 is 1.50 bits per heavy atom. The zero-order valence-corrected chi connectivity index (χ0v) is 8.39. The van der Waals surface area contributed by atoms with Gasteiger partial charge in [-0.3, -0.25) is 10.1 Å². The third kappa shape index (κ3) is 1.50. The van der Waals surface area contributed by atoms with E-state index < -0.39 is 10.9 Å². The standard InChI is InChI=1S/C10H8N2O4/c1-16-10(13)6-2-3-7-8(4-6)11-5-9(7)12(14)15/h2-5,11H,1H3. The summed E-state index contributed by atoms with van der Waals surface area (Å²) < 4.78 is 4.55. The molecular weight excluding hydrogens is 212 g/mol. The molecule has 6 nitrogen and oxygen atoms in total. The van der Waals surface area contributed by atoms with Crippen LogP contribution < -0.4 is 0 Å². The lowest BCUT2D eigenvalue weighted by atomic mass is 10.1. The summed E-state index contributed by atoms with van der Waals surface area (Å²) in [4.78, 5) is 24.1. The van der Waals surface area contributed by atoms with Gasteiger partial charge in [-0.05, 0) is 18.2 Å². The molecule has 0 unspecified atom stereocenters. The molecule has 0 atom stereocenters. The molecule has 1 heterocycles. The number of methoxy groups -OCH3 is 1. The van der Waals surface area contributed by atoms with Gasteiger partial charge in [-0.1, -0.05) is 0 Å². The van der Waals surface area contributed by atoms with Gasteiger partial charge >= 0.3 is 5.97 Å². The fourth-order valence-corrected chi connectivity index (χ4v) is 1.51. The van der Waals surface area contributed by atoms with Crippen LogP contribution in [0, 0.1) is 10.1 Å². The van der Waals surface area contributed by atoms with Gasteiger partial charge in [0.15, 0.2) is 0 Å². The van der Waals surface area contributed by atoms with Gasteiger partial charge in [0.2, 0.25) is 0 Å². The number of aromatic amines is 1. The van der Waals surface area contributed by atoms with E-state index in [2.05, 4.69) is 9.72 Å². The molecule has 0 aliphatic rings. The maximum Gasteiger partial charge on any atom is 0.337 e. The minimum absolute atomic E-state index is 0.00795. The van der Waals surface area contributed by atoms with Crippen LogP contribution in [0.2, 0.25) is 0 Å². The van der Waals surface area contributed by atoms with Crippen LogP contribution in [0.5, 0.6) is 0 Å². The number of nitrogens with zero attached hydrogens (tertiary/aromatic N) is 1. The van der Waals surface area contributed by atoms with Crippen molar-refractivity contribution >= 4 is 22.6 Å². The van der Waals surface area contributed by atoms with Crippen molar-refractivity contribution in [3.8, 4) is 0 Å². The summed E-state index contributed by atoms with van der Waals surface area (Å²) in [6.45, 7) is 0. The van der Waals surface area contributed by atoms with Gasteiger partial charge in [-0.25, -0.2) is 4.79 Å². The summed E-state index contributed by atoms with van der Waals surface area (Å²) >= 11 is 0. The highest BCUT2D eigenvalue weighted by Gasteiger charge is 2.15. The van der Waals surface area contributed by atoms with E-state index in [9.17, 15) is 14.9 Å². The zero-order valence-electron chi connectivity index (χ0n) is 8.39. The molecule has 0 amide bonds. The van der Waals surface area contributed by atoms with Crippen LogP contribution in [-0.2, 0) is 4.74 Å². The van der Waals surface area contributed by atoms with Crippen LogP contribution in [0.4, 0.5) is 5.69 Å². The summed E-state index contributed by atoms with van der Waals surface area (Å²) in [6, 6.07) is 4.54. The molecule has 0 aliphatic carbocycles. The first-order chi connectivity index (χ1) is 7.63. The van der Waals surface area contributed by atoms with Crippen molar-refractivity contribution in [2.75, 3.05) is 7.11 Å². The Kier molecular flexibility index (Phi) is 2.32. The van der Waals surface area contributed by atoms with Crippen LogP contribution >= 0.6 is 0 Å². The highest BCUT2D eigenvalue weighted by atomic mass is 16.6. The molecule has 1 N–H and O–H groups in total. The number of H-pyrrole nitrogens is 1. The van der Waals surface area contributed by atoms with E-state index in [-0.39, 0.29) is 5.69 Å². The first-order valence-electron chi connectivity index (χ1n) is 4.47. The molecule has 2 rings (SSSR count). The molecular formula is C10H8N2O4. The third-order valence-corrected chi connectivity index (χ3v) is 2.28. The number of carbonyl (C=O) groups excluding carboxylic acids is 1. The molecule has 2 aromatic rings. The smallest absolute Gasteiger partial charge is 0.337 e. The Balaban J connectivity index is 2.57. The second kappa shape index (κ2) is 3.65. The van der Waals surface area contributed by atoms with Crippen molar-refractivity contribution in [3.63, 3.8) is 0 Å². The van der Waals surface area contributed by atoms with Crippen LogP contribution in [0.15, 0.2) is 24.4 Å². The number of nitrogens with one attached hydrogen (secondary N) is 1. The van der Waals surface area contributed by atoms with E-state index in [1.165, 1.54) is 31.5 Å². The predicted octanol–water partition coefficient (Wildman–Crippen LogP) is 1.86. The monoisotopic (exact) mass is 220 g/mol. The largest absolute Gasteiger partial charge is 0.465 e. The van der Waals surface area contributed by atoms with Crippen LogP contribution in [0.25, 0.3) is 10.9 Å². The van der Waals surface area contributed by atoms with E-state index in [4.69, 9.17) is 0 Å². The quantitative estimate of drug-likeness (QED) is 0.475. The van der Waals surface area contributed by atoms with Crippen molar-refractivity contribution in [2.45, 2.75) is 0 Å². The minimum Gasteiger partial charge on any atom is -0.465 e. The molecule has 0 spiro atoms. The molecule has 0 bridgehead atoms. The molecule has 1 aromatic heterocycles. The molecule has 0 saturated heterocycles. The highest BCUT2D eigenvalue weighted by molar-refractivity contribution is 5.97. The molecule has 1 aromatic carbocycles. The number of carbonyl (C=O) groups is 1. The van der Waals surface area contributed by atoms with E-state index in [1.807, 2.05) is 0 Å². The van der Waals surface area contributed by atoms with Crippen molar-refractivity contribution < 1.29 is 14.5 Å². The third-order valence-electron chi connectivity index (χ3n) is 2.28.